The van der Waals surface area contributed by atoms with E-state index < -0.39 is 0 Å². The maximum absolute atomic E-state index is 10.5. The summed E-state index contributed by atoms with van der Waals surface area (Å²) >= 11 is 0. The number of hydrogen-bond donors (Lipinski definition) is 2. The Hall–Kier alpha value is -0.770. The van der Waals surface area contributed by atoms with Crippen LogP contribution in [0.15, 0.2) is 0 Å². The van der Waals surface area contributed by atoms with Crippen LogP contribution in [0.1, 0.15) is 12.8 Å². The molecule has 58 valence electrons. The first kappa shape index (κ1) is 7.34. The summed E-state index contributed by atoms with van der Waals surface area (Å²) in [7, 11) is 0. The van der Waals surface area contributed by atoms with E-state index in [1.165, 1.54) is 0 Å². The molecule has 0 aromatic rings. The van der Waals surface area contributed by atoms with Gasteiger partial charge in [-0.15, -0.1) is 0 Å². The summed E-state index contributed by atoms with van der Waals surface area (Å²) in [6.45, 7) is 1.30. The minimum Gasteiger partial charge on any atom is -0.444 e. The van der Waals surface area contributed by atoms with Gasteiger partial charge in [0.15, 0.2) is 0 Å². The van der Waals surface area contributed by atoms with E-state index in [0.29, 0.717) is 13.1 Å². The lowest BCUT2D eigenvalue weighted by Crippen LogP contribution is -2.15. The predicted molar refractivity (Wildman–Crippen MR) is 36.6 cm³/mol. The fourth-order valence-corrected chi connectivity index (χ4v) is 0.938. The molecule has 0 saturated carbocycles. The maximum Gasteiger partial charge on any atom is 0.407 e. The van der Waals surface area contributed by atoms with Crippen LogP contribution in [0.25, 0.3) is 0 Å². The third-order valence-electron chi connectivity index (χ3n) is 1.48. The lowest BCUT2D eigenvalue weighted by Gasteiger charge is -2.04. The number of cyclic esters (lactones) is 1. The first-order valence-electron chi connectivity index (χ1n) is 3.47. The predicted octanol–water partition coefficient (Wildman–Crippen LogP) is -0.166. The molecule has 1 atom stereocenters. The number of hydrogen-bond acceptors (Lipinski definition) is 3. The molecular formula is C6H12N2O2. The van der Waals surface area contributed by atoms with Crippen LogP contribution in [0.5, 0.6) is 0 Å². The second-order valence-electron chi connectivity index (χ2n) is 2.34. The molecule has 0 spiro atoms. The minimum absolute atomic E-state index is 0.0519. The highest BCUT2D eigenvalue weighted by molar-refractivity contribution is 5.69. The number of amides is 1. The highest BCUT2D eigenvalue weighted by Gasteiger charge is 2.20. The van der Waals surface area contributed by atoms with Gasteiger partial charge in [0.2, 0.25) is 0 Å². The van der Waals surface area contributed by atoms with Crippen molar-refractivity contribution in [3.63, 3.8) is 0 Å². The molecule has 1 unspecified atom stereocenters. The van der Waals surface area contributed by atoms with Crippen LogP contribution in [-0.2, 0) is 4.74 Å². The maximum atomic E-state index is 10.5. The topological polar surface area (TPSA) is 64.3 Å². The van der Waals surface area contributed by atoms with Crippen molar-refractivity contribution >= 4 is 6.09 Å². The van der Waals surface area contributed by atoms with Crippen LogP contribution < -0.4 is 11.1 Å². The van der Waals surface area contributed by atoms with Crippen molar-refractivity contribution < 1.29 is 9.53 Å². The molecule has 1 rings (SSSR count). The molecule has 1 heterocycles. The van der Waals surface area contributed by atoms with Crippen LogP contribution in [0.2, 0.25) is 0 Å². The van der Waals surface area contributed by atoms with Crippen LogP contribution in [0.3, 0.4) is 0 Å². The normalized spacial score (nSPS) is 24.1. The Morgan fingerprint density at radius 2 is 2.60 bits per heavy atom. The van der Waals surface area contributed by atoms with Crippen molar-refractivity contribution in [3.05, 3.63) is 0 Å². The Balaban J connectivity index is 2.12. The number of nitrogens with two attached hydrogens (primary N) is 1. The Morgan fingerprint density at radius 3 is 3.10 bits per heavy atom. The highest BCUT2D eigenvalue weighted by atomic mass is 16.6. The summed E-state index contributed by atoms with van der Waals surface area (Å²) in [4.78, 5) is 10.5. The van der Waals surface area contributed by atoms with E-state index in [1.54, 1.807) is 0 Å². The molecule has 1 fully saturated rings. The van der Waals surface area contributed by atoms with Gasteiger partial charge >= 0.3 is 6.09 Å². The zero-order valence-electron chi connectivity index (χ0n) is 5.80. The van der Waals surface area contributed by atoms with E-state index in [4.69, 9.17) is 10.5 Å². The van der Waals surface area contributed by atoms with Gasteiger partial charge in [-0.2, -0.15) is 0 Å². The van der Waals surface area contributed by atoms with Crippen LogP contribution in [0.4, 0.5) is 4.79 Å². The van der Waals surface area contributed by atoms with Crippen molar-refractivity contribution in [2.45, 2.75) is 18.9 Å². The first-order valence-corrected chi connectivity index (χ1v) is 3.47. The van der Waals surface area contributed by atoms with E-state index in [2.05, 4.69) is 5.32 Å². The van der Waals surface area contributed by atoms with Gasteiger partial charge in [0, 0.05) is 0 Å². The summed E-state index contributed by atoms with van der Waals surface area (Å²) in [5.41, 5.74) is 5.28. The van der Waals surface area contributed by atoms with Crippen molar-refractivity contribution in [3.8, 4) is 0 Å². The van der Waals surface area contributed by atoms with E-state index in [9.17, 15) is 4.79 Å². The van der Waals surface area contributed by atoms with Crippen molar-refractivity contribution in [2.75, 3.05) is 13.1 Å². The molecule has 0 aromatic heterocycles. The van der Waals surface area contributed by atoms with Crippen molar-refractivity contribution in [2.24, 2.45) is 5.73 Å². The van der Waals surface area contributed by atoms with E-state index >= 15 is 0 Å². The summed E-state index contributed by atoms with van der Waals surface area (Å²) in [5, 5.41) is 2.58. The van der Waals surface area contributed by atoms with E-state index in [1.807, 2.05) is 0 Å². The van der Waals surface area contributed by atoms with Crippen LogP contribution in [-0.4, -0.2) is 25.3 Å². The first-order chi connectivity index (χ1) is 4.83. The summed E-state index contributed by atoms with van der Waals surface area (Å²) in [6, 6.07) is 0. The number of rotatable bonds is 3. The fraction of sp³-hybridized carbons (Fsp3) is 0.833. The number of ether oxygens (including phenoxy) is 1. The number of carbonyl (C=O) groups excluding carboxylic acids is 1. The zero-order chi connectivity index (χ0) is 7.40. The monoisotopic (exact) mass is 144 g/mol. The highest BCUT2D eigenvalue weighted by Crippen LogP contribution is 2.05. The Bertz CT molecular complexity index is 127. The molecule has 0 aliphatic carbocycles. The van der Waals surface area contributed by atoms with Gasteiger partial charge in [-0.25, -0.2) is 4.79 Å². The van der Waals surface area contributed by atoms with Gasteiger partial charge in [0.05, 0.1) is 6.54 Å². The van der Waals surface area contributed by atoms with Gasteiger partial charge in [-0.05, 0) is 19.4 Å². The van der Waals surface area contributed by atoms with Crippen molar-refractivity contribution in [1.29, 1.82) is 0 Å². The molecule has 1 aliphatic rings. The van der Waals surface area contributed by atoms with Gasteiger partial charge < -0.3 is 15.8 Å². The largest absolute Gasteiger partial charge is 0.444 e. The molecule has 0 radical (unpaired) electrons. The summed E-state index contributed by atoms with van der Waals surface area (Å²) in [6.07, 6.45) is 1.53. The smallest absolute Gasteiger partial charge is 0.407 e. The van der Waals surface area contributed by atoms with Crippen molar-refractivity contribution in [1.82, 2.24) is 5.32 Å². The zero-order valence-corrected chi connectivity index (χ0v) is 5.80. The molecular weight excluding hydrogens is 132 g/mol. The van der Waals surface area contributed by atoms with E-state index in [-0.39, 0.29) is 12.2 Å². The molecule has 0 bridgehead atoms. The summed E-state index contributed by atoms with van der Waals surface area (Å²) < 4.78 is 4.86. The minimum atomic E-state index is -0.304. The third kappa shape index (κ3) is 1.88. The molecule has 4 nitrogen and oxygen atoms in total. The average Bonchev–Trinajstić information content (AvgIpc) is 2.31. The molecule has 1 amide bonds. The van der Waals surface area contributed by atoms with Gasteiger partial charge in [-0.1, -0.05) is 0 Å². The van der Waals surface area contributed by atoms with E-state index in [0.717, 1.165) is 12.8 Å². The quantitative estimate of drug-likeness (QED) is 0.578. The second kappa shape index (κ2) is 3.41. The lowest BCUT2D eigenvalue weighted by atomic mass is 10.2. The Labute approximate surface area is 59.7 Å². The standard InChI is InChI=1S/C6H12N2O2/c7-3-1-2-5-4-8-6(9)10-5/h5H,1-4,7H2,(H,8,9). The molecule has 4 heteroatoms. The molecule has 1 aliphatic heterocycles. The van der Waals surface area contributed by atoms with Gasteiger partial charge in [0.25, 0.3) is 0 Å². The van der Waals surface area contributed by atoms with Crippen LogP contribution >= 0.6 is 0 Å². The molecule has 3 N–H and O–H groups in total. The lowest BCUT2D eigenvalue weighted by molar-refractivity contribution is 0.135. The fourth-order valence-electron chi connectivity index (χ4n) is 0.938. The Kier molecular flexibility index (Phi) is 2.50. The third-order valence-corrected chi connectivity index (χ3v) is 1.48. The molecule has 10 heavy (non-hydrogen) atoms. The Morgan fingerprint density at radius 1 is 1.80 bits per heavy atom. The average molecular weight is 144 g/mol. The summed E-state index contributed by atoms with van der Waals surface area (Å²) in [5.74, 6) is 0. The SMILES string of the molecule is NCCCC1CNC(=O)O1. The van der Waals surface area contributed by atoms with Crippen LogP contribution in [0, 0.1) is 0 Å². The van der Waals surface area contributed by atoms with Gasteiger partial charge in [-0.3, -0.25) is 0 Å². The number of alkyl carbamates (subject to hydrolysis) is 1. The molecule has 1 saturated heterocycles. The number of nitrogens with one attached hydrogen (secondary N) is 1. The van der Waals surface area contributed by atoms with Gasteiger partial charge in [0.1, 0.15) is 6.10 Å². The molecule has 0 aromatic carbocycles. The second-order valence-corrected chi connectivity index (χ2v) is 2.34. The number of carbonyl (C=O) groups is 1.